The number of carbonyl (C=O) groups is 3. The Morgan fingerprint density at radius 2 is 2.09 bits per heavy atom. The Balaban J connectivity index is 1.74. The number of aromatic amines is 1. The van der Waals surface area contributed by atoms with E-state index in [0.717, 1.165) is 11.3 Å². The number of ether oxygens (including phenoxy) is 1. The number of imidazole rings is 1. The maximum atomic E-state index is 12.7. The number of H-pyrrole nitrogens is 1. The highest BCUT2D eigenvalue weighted by atomic mass is 35.5. The van der Waals surface area contributed by atoms with Crippen LogP contribution in [0.4, 0.5) is 9.52 Å². The molecule has 11 nitrogen and oxygen atoms in total. The monoisotopic (exact) mass is 516 g/mol. The molecule has 0 unspecified atom stereocenters. The number of rotatable bonds is 10. The zero-order valence-corrected chi connectivity index (χ0v) is 20.3. The number of carboxylic acids is 1. The summed E-state index contributed by atoms with van der Waals surface area (Å²) in [6, 6.07) is -0.330. The van der Waals surface area contributed by atoms with Crippen LogP contribution < -0.4 is 15.5 Å². The molecule has 1 aliphatic heterocycles. The van der Waals surface area contributed by atoms with Crippen molar-refractivity contribution < 1.29 is 28.6 Å². The van der Waals surface area contributed by atoms with Crippen LogP contribution in [0.3, 0.4) is 0 Å². The summed E-state index contributed by atoms with van der Waals surface area (Å²) >= 11 is 6.90. The standard InChI is InChI=1S/C20H26ClFN6O5S/c1-3-10-15(21)27-16(24-10)18(30)25-11-5-8-28(9-12(11)33-4-2)20-26-13(14(34-20)19(31)32)17(29)23-7-6-22/h11-12H,3-9H2,1-2H3,(H,23,29)(H,24,27)(H,25,30)(H,31,32)/t11-,12+/m1/s1. The molecular formula is C20H26ClFN6O5S. The summed E-state index contributed by atoms with van der Waals surface area (Å²) in [6.45, 7) is 3.87. The van der Waals surface area contributed by atoms with Crippen molar-refractivity contribution in [1.82, 2.24) is 25.6 Å². The van der Waals surface area contributed by atoms with Gasteiger partial charge >= 0.3 is 5.97 Å². The van der Waals surface area contributed by atoms with E-state index < -0.39 is 30.6 Å². The number of carbonyl (C=O) groups excluding carboxylic acids is 2. The summed E-state index contributed by atoms with van der Waals surface area (Å²) < 4.78 is 18.2. The van der Waals surface area contributed by atoms with Crippen LogP contribution in [0.5, 0.6) is 0 Å². The molecule has 0 bridgehead atoms. The number of anilines is 1. The van der Waals surface area contributed by atoms with Crippen molar-refractivity contribution in [3.63, 3.8) is 0 Å². The predicted octanol–water partition coefficient (Wildman–Crippen LogP) is 1.89. The van der Waals surface area contributed by atoms with Crippen molar-refractivity contribution in [2.75, 3.05) is 37.8 Å². The third-order valence-electron chi connectivity index (χ3n) is 5.23. The fraction of sp³-hybridized carbons (Fsp3) is 0.550. The number of aromatic nitrogens is 3. The molecule has 14 heteroatoms. The molecule has 34 heavy (non-hydrogen) atoms. The average Bonchev–Trinajstić information content (AvgIpc) is 3.43. The molecule has 1 aliphatic rings. The molecule has 0 saturated carbocycles. The second-order valence-corrected chi connectivity index (χ2v) is 8.78. The lowest BCUT2D eigenvalue weighted by Crippen LogP contribution is -2.55. The smallest absolute Gasteiger partial charge is 0.348 e. The van der Waals surface area contributed by atoms with E-state index in [1.165, 1.54) is 0 Å². The average molecular weight is 517 g/mol. The molecule has 2 amide bonds. The van der Waals surface area contributed by atoms with Gasteiger partial charge in [-0.3, -0.25) is 9.59 Å². The minimum Gasteiger partial charge on any atom is -0.477 e. The molecule has 1 fully saturated rings. The van der Waals surface area contributed by atoms with Crippen LogP contribution >= 0.6 is 22.9 Å². The molecule has 0 radical (unpaired) electrons. The third-order valence-corrected chi connectivity index (χ3v) is 6.65. The fourth-order valence-electron chi connectivity index (χ4n) is 3.59. The molecule has 3 heterocycles. The van der Waals surface area contributed by atoms with Gasteiger partial charge in [-0.25, -0.2) is 19.2 Å². The number of halogens is 2. The molecule has 0 aliphatic carbocycles. The Kier molecular flexibility index (Phi) is 8.80. The van der Waals surface area contributed by atoms with Crippen molar-refractivity contribution in [2.45, 2.75) is 38.8 Å². The Labute approximate surface area is 204 Å². The van der Waals surface area contributed by atoms with E-state index in [9.17, 15) is 23.9 Å². The van der Waals surface area contributed by atoms with Gasteiger partial charge in [-0.15, -0.1) is 0 Å². The van der Waals surface area contributed by atoms with E-state index in [1.54, 1.807) is 0 Å². The van der Waals surface area contributed by atoms with E-state index in [4.69, 9.17) is 16.3 Å². The summed E-state index contributed by atoms with van der Waals surface area (Å²) in [6.07, 6.45) is 0.676. The van der Waals surface area contributed by atoms with Crippen molar-refractivity contribution in [3.8, 4) is 0 Å². The van der Waals surface area contributed by atoms with Crippen LogP contribution in [0.1, 0.15) is 56.7 Å². The first-order chi connectivity index (χ1) is 16.3. The minimum absolute atomic E-state index is 0.120. The second-order valence-electron chi connectivity index (χ2n) is 7.44. The molecule has 2 aromatic heterocycles. The molecule has 2 aromatic rings. The van der Waals surface area contributed by atoms with Gasteiger partial charge in [-0.05, 0) is 19.8 Å². The molecule has 2 atom stereocenters. The van der Waals surface area contributed by atoms with Crippen LogP contribution in [-0.4, -0.2) is 82.9 Å². The van der Waals surface area contributed by atoms with Gasteiger partial charge < -0.3 is 30.4 Å². The van der Waals surface area contributed by atoms with Gasteiger partial charge in [0.15, 0.2) is 21.8 Å². The zero-order chi connectivity index (χ0) is 24.8. The Morgan fingerprint density at radius 3 is 2.71 bits per heavy atom. The number of thiazole rings is 1. The zero-order valence-electron chi connectivity index (χ0n) is 18.7. The highest BCUT2D eigenvalue weighted by Gasteiger charge is 2.34. The Hall–Kier alpha value is -2.77. The maximum Gasteiger partial charge on any atom is 0.348 e. The SMILES string of the molecule is CCO[C@H]1CN(c2nc(C(=O)NCCF)c(C(=O)O)s2)CC[C@H]1NC(=O)c1nc(Cl)c(CC)[nH]1. The number of nitrogens with zero attached hydrogens (tertiary/aromatic N) is 3. The largest absolute Gasteiger partial charge is 0.477 e. The Morgan fingerprint density at radius 1 is 1.32 bits per heavy atom. The van der Waals surface area contributed by atoms with Gasteiger partial charge in [0.2, 0.25) is 0 Å². The first-order valence-corrected chi connectivity index (χ1v) is 12.0. The number of nitrogens with one attached hydrogen (secondary N) is 3. The van der Waals surface area contributed by atoms with E-state index >= 15 is 0 Å². The molecular weight excluding hydrogens is 491 g/mol. The first kappa shape index (κ1) is 25.8. The number of aryl methyl sites for hydroxylation is 1. The number of carboxylic acid groups (broad SMARTS) is 1. The molecule has 4 N–H and O–H groups in total. The van der Waals surface area contributed by atoms with E-state index in [1.807, 2.05) is 18.7 Å². The topological polar surface area (TPSA) is 150 Å². The van der Waals surface area contributed by atoms with E-state index in [0.29, 0.717) is 43.4 Å². The van der Waals surface area contributed by atoms with Crippen LogP contribution in [0.2, 0.25) is 5.15 Å². The minimum atomic E-state index is -1.29. The van der Waals surface area contributed by atoms with Gasteiger partial charge in [0, 0.05) is 26.2 Å². The van der Waals surface area contributed by atoms with Gasteiger partial charge in [-0.2, -0.15) is 0 Å². The number of amides is 2. The summed E-state index contributed by atoms with van der Waals surface area (Å²) in [5.74, 6) is -2.32. The van der Waals surface area contributed by atoms with Crippen molar-refractivity contribution >= 4 is 45.9 Å². The predicted molar refractivity (Wildman–Crippen MR) is 124 cm³/mol. The number of alkyl halides is 1. The van der Waals surface area contributed by atoms with Crippen LogP contribution in [-0.2, 0) is 11.2 Å². The van der Waals surface area contributed by atoms with Crippen LogP contribution in [0.15, 0.2) is 0 Å². The van der Waals surface area contributed by atoms with E-state index in [-0.39, 0.29) is 34.1 Å². The van der Waals surface area contributed by atoms with Crippen molar-refractivity contribution in [1.29, 1.82) is 0 Å². The molecule has 3 rings (SSSR count). The molecule has 1 saturated heterocycles. The lowest BCUT2D eigenvalue weighted by atomic mass is 10.0. The summed E-state index contributed by atoms with van der Waals surface area (Å²) in [5, 5.41) is 15.3. The summed E-state index contributed by atoms with van der Waals surface area (Å²) in [4.78, 5) is 49.4. The fourth-order valence-corrected chi connectivity index (χ4v) is 4.79. The van der Waals surface area contributed by atoms with Crippen molar-refractivity contribution in [2.24, 2.45) is 0 Å². The van der Waals surface area contributed by atoms with Gasteiger partial charge in [0.25, 0.3) is 11.8 Å². The highest BCUT2D eigenvalue weighted by Crippen LogP contribution is 2.30. The second kappa shape index (κ2) is 11.6. The Bertz CT molecular complexity index is 1050. The van der Waals surface area contributed by atoms with E-state index in [2.05, 4.69) is 25.6 Å². The normalized spacial score (nSPS) is 18.1. The maximum absolute atomic E-state index is 12.7. The van der Waals surface area contributed by atoms with Crippen molar-refractivity contribution in [3.05, 3.63) is 27.2 Å². The van der Waals surface area contributed by atoms with Gasteiger partial charge in [-0.1, -0.05) is 29.9 Å². The first-order valence-electron chi connectivity index (χ1n) is 10.8. The highest BCUT2D eigenvalue weighted by molar-refractivity contribution is 7.17. The third kappa shape index (κ3) is 5.83. The lowest BCUT2D eigenvalue weighted by Gasteiger charge is -2.38. The van der Waals surface area contributed by atoms with Gasteiger partial charge in [0.05, 0.1) is 17.8 Å². The summed E-state index contributed by atoms with van der Waals surface area (Å²) in [5.41, 5.74) is 0.415. The lowest BCUT2D eigenvalue weighted by molar-refractivity contribution is 0.0271. The molecule has 0 spiro atoms. The molecule has 0 aromatic carbocycles. The number of hydrogen-bond donors (Lipinski definition) is 4. The number of piperidine rings is 1. The number of aromatic carboxylic acids is 1. The molecule has 186 valence electrons. The quantitative estimate of drug-likeness (QED) is 0.374. The van der Waals surface area contributed by atoms with Crippen LogP contribution in [0, 0.1) is 0 Å². The number of hydrogen-bond acceptors (Lipinski definition) is 8. The van der Waals surface area contributed by atoms with Crippen LogP contribution in [0.25, 0.3) is 0 Å². The van der Waals surface area contributed by atoms with Gasteiger partial charge in [0.1, 0.15) is 11.6 Å². The summed E-state index contributed by atoms with van der Waals surface area (Å²) in [7, 11) is 0.